The Bertz CT molecular complexity index is 432. The average molecular weight is 265 g/mol. The van der Waals surface area contributed by atoms with E-state index in [0.29, 0.717) is 0 Å². The highest BCUT2D eigenvalue weighted by Gasteiger charge is 2.36. The number of hydrogen-bond acceptors (Lipinski definition) is 5. The fourth-order valence-electron chi connectivity index (χ4n) is 1.52. The molecule has 0 saturated heterocycles. The molecule has 1 rings (SSSR count). The molecule has 0 aliphatic heterocycles. The van der Waals surface area contributed by atoms with Crippen LogP contribution in [0.3, 0.4) is 0 Å². The van der Waals surface area contributed by atoms with Crippen molar-refractivity contribution in [2.24, 2.45) is 11.1 Å². The molecule has 0 bridgehead atoms. The van der Waals surface area contributed by atoms with Gasteiger partial charge in [-0.15, -0.1) is 0 Å². The van der Waals surface area contributed by atoms with E-state index in [1.807, 2.05) is 30.3 Å². The summed E-state index contributed by atoms with van der Waals surface area (Å²) in [5.74, 6) is -0.978. The Labute approximate surface area is 112 Å². The molecule has 19 heavy (non-hydrogen) atoms. The van der Waals surface area contributed by atoms with Gasteiger partial charge in [0.1, 0.15) is 6.61 Å². The van der Waals surface area contributed by atoms with Gasteiger partial charge in [0.05, 0.1) is 18.9 Å². The summed E-state index contributed by atoms with van der Waals surface area (Å²) in [4.78, 5) is 23.3. The number of rotatable bonds is 6. The molecule has 104 valence electrons. The second kappa shape index (κ2) is 6.89. The molecule has 1 unspecified atom stereocenters. The zero-order valence-electron chi connectivity index (χ0n) is 11.2. The fraction of sp³-hybridized carbons (Fsp3) is 0.429. The summed E-state index contributed by atoms with van der Waals surface area (Å²) in [6, 6.07) is 9.31. The Kier molecular flexibility index (Phi) is 5.51. The summed E-state index contributed by atoms with van der Waals surface area (Å²) in [7, 11) is 1.27. The van der Waals surface area contributed by atoms with Crippen LogP contribution in [0.15, 0.2) is 30.3 Å². The van der Waals surface area contributed by atoms with E-state index in [1.165, 1.54) is 7.11 Å². The van der Waals surface area contributed by atoms with Gasteiger partial charge in [-0.3, -0.25) is 9.59 Å². The first-order chi connectivity index (χ1) is 9.01. The quantitative estimate of drug-likeness (QED) is 0.783. The van der Waals surface area contributed by atoms with E-state index < -0.39 is 17.4 Å². The lowest BCUT2D eigenvalue weighted by Gasteiger charge is -2.24. The van der Waals surface area contributed by atoms with Gasteiger partial charge in [0.2, 0.25) is 0 Å². The summed E-state index contributed by atoms with van der Waals surface area (Å²) in [6.07, 6.45) is -0.0897. The first-order valence-electron chi connectivity index (χ1n) is 6.00. The Morgan fingerprint density at radius 2 is 1.89 bits per heavy atom. The van der Waals surface area contributed by atoms with Crippen LogP contribution < -0.4 is 5.73 Å². The molecule has 0 heterocycles. The highest BCUT2D eigenvalue weighted by atomic mass is 16.5. The molecule has 0 saturated carbocycles. The van der Waals surface area contributed by atoms with Crippen LogP contribution in [0.2, 0.25) is 0 Å². The van der Waals surface area contributed by atoms with Crippen LogP contribution in [0, 0.1) is 5.41 Å². The van der Waals surface area contributed by atoms with E-state index in [1.54, 1.807) is 6.92 Å². The molecule has 5 nitrogen and oxygen atoms in total. The van der Waals surface area contributed by atoms with E-state index in [2.05, 4.69) is 4.74 Å². The van der Waals surface area contributed by atoms with Crippen molar-refractivity contribution >= 4 is 11.9 Å². The van der Waals surface area contributed by atoms with Crippen LogP contribution in [0.1, 0.15) is 18.9 Å². The van der Waals surface area contributed by atoms with Crippen LogP contribution in [0.25, 0.3) is 0 Å². The molecule has 5 heteroatoms. The molecule has 0 radical (unpaired) electrons. The third kappa shape index (κ3) is 4.37. The van der Waals surface area contributed by atoms with Crippen molar-refractivity contribution < 1.29 is 19.1 Å². The minimum absolute atomic E-state index is 0.0235. The fourth-order valence-corrected chi connectivity index (χ4v) is 1.52. The van der Waals surface area contributed by atoms with Crippen LogP contribution in [0.5, 0.6) is 0 Å². The topological polar surface area (TPSA) is 78.6 Å². The lowest BCUT2D eigenvalue weighted by molar-refractivity contribution is -0.161. The smallest absolute Gasteiger partial charge is 0.314 e. The second-order valence-electron chi connectivity index (χ2n) is 4.58. The first kappa shape index (κ1) is 15.2. The molecular weight excluding hydrogens is 246 g/mol. The number of carbonyl (C=O) groups is 2. The summed E-state index contributed by atoms with van der Waals surface area (Å²) in [6.45, 7) is 1.78. The van der Waals surface area contributed by atoms with Gasteiger partial charge in [-0.05, 0) is 12.5 Å². The molecule has 1 aromatic rings. The van der Waals surface area contributed by atoms with Gasteiger partial charge in [-0.1, -0.05) is 30.3 Å². The number of ether oxygens (including phenoxy) is 2. The zero-order chi connectivity index (χ0) is 14.3. The van der Waals surface area contributed by atoms with E-state index >= 15 is 0 Å². The molecule has 0 aliphatic carbocycles. The first-order valence-corrected chi connectivity index (χ1v) is 6.00. The van der Waals surface area contributed by atoms with Crippen molar-refractivity contribution in [2.75, 3.05) is 13.7 Å². The summed E-state index contributed by atoms with van der Waals surface area (Å²) in [5, 5.41) is 0. The van der Waals surface area contributed by atoms with E-state index in [4.69, 9.17) is 10.5 Å². The average Bonchev–Trinajstić information content (AvgIpc) is 2.45. The number of benzene rings is 1. The Morgan fingerprint density at radius 1 is 1.26 bits per heavy atom. The number of carbonyl (C=O) groups excluding carboxylic acids is 2. The lowest BCUT2D eigenvalue weighted by Crippen LogP contribution is -2.39. The van der Waals surface area contributed by atoms with Crippen LogP contribution in [-0.2, 0) is 25.7 Å². The van der Waals surface area contributed by atoms with Crippen molar-refractivity contribution in [2.45, 2.75) is 20.0 Å². The second-order valence-corrected chi connectivity index (χ2v) is 4.58. The predicted octanol–water partition coefficient (Wildman–Crippen LogP) is 1.26. The third-order valence-electron chi connectivity index (χ3n) is 2.92. The SMILES string of the molecule is COC(=O)CC(C)(CN)C(=O)OCc1ccccc1. The third-order valence-corrected chi connectivity index (χ3v) is 2.92. The summed E-state index contributed by atoms with van der Waals surface area (Å²) in [5.41, 5.74) is 5.40. The molecule has 1 atom stereocenters. The summed E-state index contributed by atoms with van der Waals surface area (Å²) < 4.78 is 9.76. The maximum absolute atomic E-state index is 12.0. The van der Waals surface area contributed by atoms with Crippen molar-refractivity contribution in [3.8, 4) is 0 Å². The number of esters is 2. The van der Waals surface area contributed by atoms with Gasteiger partial charge in [-0.25, -0.2) is 0 Å². The van der Waals surface area contributed by atoms with Crippen molar-refractivity contribution in [3.05, 3.63) is 35.9 Å². The molecule has 0 amide bonds. The van der Waals surface area contributed by atoms with Crippen LogP contribution >= 0.6 is 0 Å². The number of nitrogens with two attached hydrogens (primary N) is 1. The highest BCUT2D eigenvalue weighted by molar-refractivity contribution is 5.83. The molecule has 0 spiro atoms. The monoisotopic (exact) mass is 265 g/mol. The molecule has 1 aromatic carbocycles. The van der Waals surface area contributed by atoms with E-state index in [9.17, 15) is 9.59 Å². The van der Waals surface area contributed by atoms with Crippen LogP contribution in [-0.4, -0.2) is 25.6 Å². The van der Waals surface area contributed by atoms with Gasteiger partial charge in [-0.2, -0.15) is 0 Å². The molecule has 0 fully saturated rings. The lowest BCUT2D eigenvalue weighted by atomic mass is 9.87. The number of methoxy groups -OCH3 is 1. The minimum Gasteiger partial charge on any atom is -0.469 e. The van der Waals surface area contributed by atoms with Crippen molar-refractivity contribution in [3.63, 3.8) is 0 Å². The highest BCUT2D eigenvalue weighted by Crippen LogP contribution is 2.23. The van der Waals surface area contributed by atoms with Crippen LogP contribution in [0.4, 0.5) is 0 Å². The van der Waals surface area contributed by atoms with E-state index in [0.717, 1.165) is 5.56 Å². The number of hydrogen-bond donors (Lipinski definition) is 1. The molecule has 0 aromatic heterocycles. The maximum Gasteiger partial charge on any atom is 0.314 e. The van der Waals surface area contributed by atoms with Gasteiger partial charge >= 0.3 is 11.9 Å². The normalized spacial score (nSPS) is 13.4. The van der Waals surface area contributed by atoms with Gasteiger partial charge < -0.3 is 15.2 Å². The molecule has 0 aliphatic rings. The Hall–Kier alpha value is -1.88. The predicted molar refractivity (Wildman–Crippen MR) is 70.0 cm³/mol. The van der Waals surface area contributed by atoms with Crippen molar-refractivity contribution in [1.82, 2.24) is 0 Å². The van der Waals surface area contributed by atoms with Crippen molar-refractivity contribution in [1.29, 1.82) is 0 Å². The Morgan fingerprint density at radius 3 is 2.42 bits per heavy atom. The Balaban J connectivity index is 2.61. The molecule has 2 N–H and O–H groups in total. The summed E-state index contributed by atoms with van der Waals surface area (Å²) >= 11 is 0. The van der Waals surface area contributed by atoms with Gasteiger partial charge in [0.15, 0.2) is 0 Å². The molecular formula is C14H19NO4. The van der Waals surface area contributed by atoms with E-state index in [-0.39, 0.29) is 19.6 Å². The minimum atomic E-state index is -1.05. The largest absolute Gasteiger partial charge is 0.469 e. The zero-order valence-corrected chi connectivity index (χ0v) is 11.2. The van der Waals surface area contributed by atoms with Gasteiger partial charge in [0, 0.05) is 6.54 Å². The maximum atomic E-state index is 12.0. The van der Waals surface area contributed by atoms with Gasteiger partial charge in [0.25, 0.3) is 0 Å². The standard InChI is InChI=1S/C14H19NO4/c1-14(10-15,8-12(16)18-2)13(17)19-9-11-6-4-3-5-7-11/h3-7H,8-10,15H2,1-2H3.